The second-order valence-electron chi connectivity index (χ2n) is 10.8. The Kier molecular flexibility index (Phi) is 11.8. The predicted molar refractivity (Wildman–Crippen MR) is 145 cm³/mol. The molecule has 0 saturated heterocycles. The molecular weight excluding hydrogens is 492 g/mol. The van der Waals surface area contributed by atoms with Crippen LogP contribution >= 0.6 is 11.3 Å². The Hall–Kier alpha value is -1.55. The molecule has 0 radical (unpaired) electrons. The number of esters is 1. The van der Waals surface area contributed by atoms with Crippen molar-refractivity contribution in [1.29, 1.82) is 0 Å². The lowest BCUT2D eigenvalue weighted by molar-refractivity contribution is -0.149. The summed E-state index contributed by atoms with van der Waals surface area (Å²) < 4.78 is 6.42. The summed E-state index contributed by atoms with van der Waals surface area (Å²) in [7, 11) is 0. The highest BCUT2D eigenvalue weighted by molar-refractivity contribution is 7.19. The third-order valence-electron chi connectivity index (χ3n) is 8.20. The molecule has 5 atom stereocenters. The SMILES string of the molecule is CCC(CO)(CO)COC(=O)CCCCCC[C@@H]1[C@@H](CCC(O)c2cc3ccccc3s2)[C@H](O)C[C@@H]1O. The molecule has 7 nitrogen and oxygen atoms in total. The molecule has 1 aromatic carbocycles. The van der Waals surface area contributed by atoms with Gasteiger partial charge >= 0.3 is 5.97 Å². The number of carbonyl (C=O) groups excluding carboxylic acids is 1. The lowest BCUT2D eigenvalue weighted by atomic mass is 9.84. The van der Waals surface area contributed by atoms with Gasteiger partial charge in [-0.15, -0.1) is 11.3 Å². The van der Waals surface area contributed by atoms with Gasteiger partial charge in [-0.05, 0) is 67.9 Å². The number of thiophene rings is 1. The Balaban J connectivity index is 1.36. The number of ether oxygens (including phenoxy) is 1. The van der Waals surface area contributed by atoms with Gasteiger partial charge < -0.3 is 30.3 Å². The standard InChI is InChI=1S/C29H44O7S/c1-2-29(17-30,18-31)19-36-28(35)12-6-4-3-5-10-21-22(25(34)16-24(21)33)13-14-23(32)27-15-20-9-7-8-11-26(20)37-27/h7-9,11,15,21-25,30-34H,2-6,10,12-14,16-19H2,1H3/t21-,22-,23?,24+,25-/m1/s1. The van der Waals surface area contributed by atoms with Crippen LogP contribution in [0.1, 0.15) is 82.1 Å². The number of aliphatic hydroxyl groups is 5. The van der Waals surface area contributed by atoms with E-state index >= 15 is 0 Å². The zero-order valence-corrected chi connectivity index (χ0v) is 22.7. The molecule has 3 rings (SSSR count). The molecule has 0 spiro atoms. The van der Waals surface area contributed by atoms with E-state index in [2.05, 4.69) is 6.07 Å². The predicted octanol–water partition coefficient (Wildman–Crippen LogP) is 4.34. The van der Waals surface area contributed by atoms with E-state index in [1.165, 1.54) is 0 Å². The van der Waals surface area contributed by atoms with E-state index in [1.807, 2.05) is 31.2 Å². The van der Waals surface area contributed by atoms with Gasteiger partial charge in [-0.25, -0.2) is 0 Å². The maximum Gasteiger partial charge on any atom is 0.305 e. The van der Waals surface area contributed by atoms with Crippen LogP contribution in [0.4, 0.5) is 0 Å². The van der Waals surface area contributed by atoms with E-state index in [4.69, 9.17) is 4.74 Å². The molecule has 8 heteroatoms. The second kappa shape index (κ2) is 14.6. The van der Waals surface area contributed by atoms with Crippen LogP contribution in [0, 0.1) is 17.3 Å². The summed E-state index contributed by atoms with van der Waals surface area (Å²) in [4.78, 5) is 13.0. The first-order chi connectivity index (χ1) is 17.8. The van der Waals surface area contributed by atoms with Crippen molar-refractivity contribution in [1.82, 2.24) is 0 Å². The fourth-order valence-corrected chi connectivity index (χ4v) is 6.50. The molecule has 37 heavy (non-hydrogen) atoms. The van der Waals surface area contributed by atoms with Gasteiger partial charge in [-0.2, -0.15) is 0 Å². The van der Waals surface area contributed by atoms with E-state index < -0.39 is 23.7 Å². The average Bonchev–Trinajstić information content (AvgIpc) is 3.46. The van der Waals surface area contributed by atoms with Crippen molar-refractivity contribution in [3.05, 3.63) is 35.2 Å². The van der Waals surface area contributed by atoms with Crippen LogP contribution in [0.25, 0.3) is 10.1 Å². The number of rotatable bonds is 16. The lowest BCUT2D eigenvalue weighted by Gasteiger charge is -2.27. The van der Waals surface area contributed by atoms with Gasteiger partial charge in [0.05, 0.1) is 36.9 Å². The molecule has 0 aliphatic heterocycles. The number of benzene rings is 1. The number of carbonyl (C=O) groups is 1. The van der Waals surface area contributed by atoms with Gasteiger partial charge in [0.1, 0.15) is 6.61 Å². The van der Waals surface area contributed by atoms with Gasteiger partial charge in [0, 0.05) is 16.0 Å². The van der Waals surface area contributed by atoms with Crippen LogP contribution < -0.4 is 0 Å². The van der Waals surface area contributed by atoms with Crippen molar-refractivity contribution in [2.75, 3.05) is 19.8 Å². The zero-order chi connectivity index (χ0) is 26.8. The topological polar surface area (TPSA) is 127 Å². The number of unbranched alkanes of at least 4 members (excludes halogenated alkanes) is 3. The first-order valence-electron chi connectivity index (χ1n) is 13.7. The molecule has 1 unspecified atom stereocenters. The molecule has 1 aliphatic carbocycles. The van der Waals surface area contributed by atoms with Crippen LogP contribution in [0.3, 0.4) is 0 Å². The molecule has 1 aromatic heterocycles. The summed E-state index contributed by atoms with van der Waals surface area (Å²) in [5.74, 6) is -0.314. The van der Waals surface area contributed by atoms with E-state index in [0.717, 1.165) is 40.6 Å². The van der Waals surface area contributed by atoms with Crippen molar-refractivity contribution in [2.24, 2.45) is 17.3 Å². The molecule has 0 bridgehead atoms. The summed E-state index contributed by atoms with van der Waals surface area (Å²) in [6, 6.07) is 10.1. The maximum absolute atomic E-state index is 12.0. The van der Waals surface area contributed by atoms with Crippen LogP contribution in [0.15, 0.2) is 30.3 Å². The Morgan fingerprint density at radius 1 is 1.05 bits per heavy atom. The van der Waals surface area contributed by atoms with E-state index in [-0.39, 0.29) is 37.6 Å². The van der Waals surface area contributed by atoms with Gasteiger partial charge in [-0.1, -0.05) is 44.4 Å². The Labute approximate surface area is 224 Å². The maximum atomic E-state index is 12.0. The lowest BCUT2D eigenvalue weighted by Crippen LogP contribution is -2.35. The first-order valence-corrected chi connectivity index (χ1v) is 14.5. The quantitative estimate of drug-likeness (QED) is 0.160. The summed E-state index contributed by atoms with van der Waals surface area (Å²) in [6.45, 7) is 1.43. The minimum Gasteiger partial charge on any atom is -0.465 e. The average molecular weight is 537 g/mol. The van der Waals surface area contributed by atoms with E-state index in [1.54, 1.807) is 11.3 Å². The van der Waals surface area contributed by atoms with Gasteiger partial charge in [0.25, 0.3) is 0 Å². The number of fused-ring (bicyclic) bond motifs is 1. The third kappa shape index (κ3) is 8.22. The summed E-state index contributed by atoms with van der Waals surface area (Å²) in [5.41, 5.74) is -0.771. The zero-order valence-electron chi connectivity index (χ0n) is 21.9. The summed E-state index contributed by atoms with van der Waals surface area (Å²) in [6.07, 6.45) is 5.05. The van der Waals surface area contributed by atoms with Crippen LogP contribution in [0.5, 0.6) is 0 Å². The monoisotopic (exact) mass is 536 g/mol. The molecule has 2 aromatic rings. The molecule has 1 heterocycles. The fraction of sp³-hybridized carbons (Fsp3) is 0.690. The fourth-order valence-electron chi connectivity index (χ4n) is 5.42. The highest BCUT2D eigenvalue weighted by atomic mass is 32.1. The van der Waals surface area contributed by atoms with Gasteiger partial charge in [0.15, 0.2) is 0 Å². The van der Waals surface area contributed by atoms with Gasteiger partial charge in [-0.3, -0.25) is 4.79 Å². The summed E-state index contributed by atoms with van der Waals surface area (Å²) in [5, 5.41) is 51.9. The molecule has 1 saturated carbocycles. The minimum atomic E-state index is -0.771. The van der Waals surface area contributed by atoms with E-state index in [9.17, 15) is 30.3 Å². The van der Waals surface area contributed by atoms with Crippen LogP contribution in [-0.2, 0) is 9.53 Å². The smallest absolute Gasteiger partial charge is 0.305 e. The minimum absolute atomic E-state index is 0.0219. The number of hydrogen-bond acceptors (Lipinski definition) is 8. The molecule has 0 amide bonds. The highest BCUT2D eigenvalue weighted by Crippen LogP contribution is 2.41. The third-order valence-corrected chi connectivity index (χ3v) is 9.41. The van der Waals surface area contributed by atoms with E-state index in [0.29, 0.717) is 38.5 Å². The van der Waals surface area contributed by atoms with Gasteiger partial charge in [0.2, 0.25) is 0 Å². The Bertz CT molecular complexity index is 915. The second-order valence-corrected chi connectivity index (χ2v) is 11.9. The van der Waals surface area contributed by atoms with Crippen LogP contribution in [-0.4, -0.2) is 63.5 Å². The van der Waals surface area contributed by atoms with Crippen molar-refractivity contribution < 1.29 is 35.1 Å². The molecular formula is C29H44O7S. The Morgan fingerprint density at radius 2 is 1.73 bits per heavy atom. The summed E-state index contributed by atoms with van der Waals surface area (Å²) >= 11 is 1.60. The highest BCUT2D eigenvalue weighted by Gasteiger charge is 2.41. The van der Waals surface area contributed by atoms with Crippen molar-refractivity contribution in [2.45, 2.75) is 89.4 Å². The first kappa shape index (κ1) is 30.0. The molecule has 1 aliphatic rings. The molecule has 208 valence electrons. The van der Waals surface area contributed by atoms with Crippen LogP contribution in [0.2, 0.25) is 0 Å². The van der Waals surface area contributed by atoms with Crippen molar-refractivity contribution >= 4 is 27.4 Å². The largest absolute Gasteiger partial charge is 0.465 e. The van der Waals surface area contributed by atoms with Crippen molar-refractivity contribution in [3.63, 3.8) is 0 Å². The van der Waals surface area contributed by atoms with Crippen molar-refractivity contribution in [3.8, 4) is 0 Å². The number of hydrogen-bond donors (Lipinski definition) is 5. The molecule has 1 fully saturated rings. The molecule has 5 N–H and O–H groups in total. The normalized spacial score (nSPS) is 23.0. The number of aliphatic hydroxyl groups excluding tert-OH is 5. The Morgan fingerprint density at radius 3 is 2.41 bits per heavy atom.